The SMILES string of the molecule is CC(C)(N)C1(CCO)CCc2cc(F)ccc21. The second-order valence-electron chi connectivity index (χ2n) is 5.58. The van der Waals surface area contributed by atoms with Gasteiger partial charge in [-0.1, -0.05) is 6.07 Å². The van der Waals surface area contributed by atoms with E-state index in [4.69, 9.17) is 5.73 Å². The van der Waals surface area contributed by atoms with Gasteiger partial charge < -0.3 is 10.8 Å². The molecule has 0 bridgehead atoms. The van der Waals surface area contributed by atoms with Gasteiger partial charge >= 0.3 is 0 Å². The summed E-state index contributed by atoms with van der Waals surface area (Å²) >= 11 is 0. The van der Waals surface area contributed by atoms with Crippen LogP contribution in [0.2, 0.25) is 0 Å². The van der Waals surface area contributed by atoms with Crippen LogP contribution in [0.1, 0.15) is 37.8 Å². The number of aliphatic hydroxyl groups excluding tert-OH is 1. The van der Waals surface area contributed by atoms with Gasteiger partial charge in [0.1, 0.15) is 5.82 Å². The lowest BCUT2D eigenvalue weighted by Gasteiger charge is -2.42. The molecular weight excluding hydrogens is 217 g/mol. The van der Waals surface area contributed by atoms with E-state index in [2.05, 4.69) is 0 Å². The summed E-state index contributed by atoms with van der Waals surface area (Å²) in [6, 6.07) is 4.92. The summed E-state index contributed by atoms with van der Waals surface area (Å²) in [5.74, 6) is -0.196. The van der Waals surface area contributed by atoms with Crippen molar-refractivity contribution in [2.75, 3.05) is 6.61 Å². The molecule has 3 heteroatoms. The number of fused-ring (bicyclic) bond motifs is 1. The van der Waals surface area contributed by atoms with Crippen molar-refractivity contribution in [2.24, 2.45) is 5.73 Å². The molecule has 1 aliphatic rings. The Morgan fingerprint density at radius 3 is 2.76 bits per heavy atom. The van der Waals surface area contributed by atoms with Crippen LogP contribution < -0.4 is 5.73 Å². The lowest BCUT2D eigenvalue weighted by Crippen LogP contribution is -2.53. The molecule has 2 nitrogen and oxygen atoms in total. The van der Waals surface area contributed by atoms with Gasteiger partial charge in [0.05, 0.1) is 0 Å². The van der Waals surface area contributed by atoms with Gasteiger partial charge in [-0.25, -0.2) is 4.39 Å². The number of aliphatic hydroxyl groups is 1. The number of rotatable bonds is 3. The molecule has 1 aliphatic carbocycles. The molecule has 1 aromatic carbocycles. The molecule has 0 saturated carbocycles. The van der Waals surface area contributed by atoms with Gasteiger partial charge in [0.25, 0.3) is 0 Å². The normalized spacial score (nSPS) is 23.8. The summed E-state index contributed by atoms with van der Waals surface area (Å²) in [7, 11) is 0. The van der Waals surface area contributed by atoms with E-state index in [-0.39, 0.29) is 17.8 Å². The monoisotopic (exact) mass is 237 g/mol. The van der Waals surface area contributed by atoms with Crippen LogP contribution in [0.25, 0.3) is 0 Å². The zero-order valence-electron chi connectivity index (χ0n) is 10.5. The third-order valence-electron chi connectivity index (χ3n) is 4.18. The first-order chi connectivity index (χ1) is 7.90. The van der Waals surface area contributed by atoms with Gasteiger partial charge in [-0.2, -0.15) is 0 Å². The summed E-state index contributed by atoms with van der Waals surface area (Å²) in [6.45, 7) is 4.08. The first kappa shape index (κ1) is 12.5. The summed E-state index contributed by atoms with van der Waals surface area (Å²) < 4.78 is 13.2. The van der Waals surface area contributed by atoms with Gasteiger partial charge in [-0.15, -0.1) is 0 Å². The van der Waals surface area contributed by atoms with Crippen LogP contribution >= 0.6 is 0 Å². The van der Waals surface area contributed by atoms with E-state index in [1.807, 2.05) is 19.9 Å². The average Bonchev–Trinajstić information content (AvgIpc) is 2.57. The van der Waals surface area contributed by atoms with E-state index in [0.717, 1.165) is 24.0 Å². The minimum Gasteiger partial charge on any atom is -0.396 e. The number of aryl methyl sites for hydroxylation is 1. The average molecular weight is 237 g/mol. The van der Waals surface area contributed by atoms with Crippen molar-refractivity contribution in [3.8, 4) is 0 Å². The Bertz CT molecular complexity index is 425. The van der Waals surface area contributed by atoms with E-state index in [9.17, 15) is 9.50 Å². The van der Waals surface area contributed by atoms with Crippen LogP contribution in [0.15, 0.2) is 18.2 Å². The Balaban J connectivity index is 2.53. The molecule has 3 N–H and O–H groups in total. The maximum atomic E-state index is 13.2. The molecule has 0 saturated heterocycles. The van der Waals surface area contributed by atoms with Gasteiger partial charge in [0.15, 0.2) is 0 Å². The standard InChI is InChI=1S/C14H20FNO/c1-13(2,16)14(7-8-17)6-5-10-9-11(15)3-4-12(10)14/h3-4,9,17H,5-8,16H2,1-2H3. The smallest absolute Gasteiger partial charge is 0.123 e. The maximum Gasteiger partial charge on any atom is 0.123 e. The quantitative estimate of drug-likeness (QED) is 0.846. The Morgan fingerprint density at radius 2 is 2.18 bits per heavy atom. The van der Waals surface area contributed by atoms with E-state index < -0.39 is 5.54 Å². The van der Waals surface area contributed by atoms with Crippen molar-refractivity contribution in [1.82, 2.24) is 0 Å². The summed E-state index contributed by atoms with van der Waals surface area (Å²) in [6.07, 6.45) is 2.36. The fourth-order valence-corrected chi connectivity index (χ4v) is 3.16. The molecule has 0 fully saturated rings. The number of hydrogen-bond donors (Lipinski definition) is 2. The third-order valence-corrected chi connectivity index (χ3v) is 4.18. The molecule has 0 aliphatic heterocycles. The van der Waals surface area contributed by atoms with Gasteiger partial charge in [0, 0.05) is 17.6 Å². The minimum atomic E-state index is -0.418. The molecule has 0 amide bonds. The zero-order chi connectivity index (χ0) is 12.7. The maximum absolute atomic E-state index is 13.2. The second-order valence-corrected chi connectivity index (χ2v) is 5.58. The third kappa shape index (κ3) is 1.87. The topological polar surface area (TPSA) is 46.2 Å². The molecular formula is C14H20FNO. The van der Waals surface area contributed by atoms with Gasteiger partial charge in [-0.3, -0.25) is 0 Å². The van der Waals surface area contributed by atoms with Crippen molar-refractivity contribution in [2.45, 2.75) is 44.1 Å². The Hall–Kier alpha value is -0.930. The van der Waals surface area contributed by atoms with Gasteiger partial charge in [-0.05, 0) is 56.4 Å². The van der Waals surface area contributed by atoms with Crippen LogP contribution in [0.5, 0.6) is 0 Å². The fourth-order valence-electron chi connectivity index (χ4n) is 3.16. The Kier molecular flexibility index (Phi) is 3.00. The molecule has 94 valence electrons. The lowest BCUT2D eigenvalue weighted by molar-refractivity contribution is 0.175. The van der Waals surface area contributed by atoms with Gasteiger partial charge in [0.2, 0.25) is 0 Å². The Morgan fingerprint density at radius 1 is 1.47 bits per heavy atom. The van der Waals surface area contributed by atoms with Crippen molar-refractivity contribution in [3.63, 3.8) is 0 Å². The molecule has 1 atom stereocenters. The highest BCUT2D eigenvalue weighted by Gasteiger charge is 2.47. The molecule has 0 heterocycles. The van der Waals surface area contributed by atoms with Crippen LogP contribution in [-0.2, 0) is 11.8 Å². The minimum absolute atomic E-state index is 0.109. The molecule has 1 aromatic rings. The molecule has 0 aromatic heterocycles. The van der Waals surface area contributed by atoms with Crippen molar-refractivity contribution in [3.05, 3.63) is 35.1 Å². The number of halogens is 1. The van der Waals surface area contributed by atoms with E-state index in [1.54, 1.807) is 6.07 Å². The van der Waals surface area contributed by atoms with Crippen LogP contribution in [0.3, 0.4) is 0 Å². The highest BCUT2D eigenvalue weighted by molar-refractivity contribution is 5.42. The van der Waals surface area contributed by atoms with Crippen molar-refractivity contribution < 1.29 is 9.50 Å². The number of hydrogen-bond acceptors (Lipinski definition) is 2. The summed E-state index contributed by atoms with van der Waals surface area (Å²) in [5.41, 5.74) is 7.81. The predicted octanol–water partition coefficient (Wildman–Crippen LogP) is 2.13. The molecule has 0 radical (unpaired) electrons. The highest BCUT2D eigenvalue weighted by Crippen LogP contribution is 2.47. The second kappa shape index (κ2) is 4.07. The molecule has 1 unspecified atom stereocenters. The largest absolute Gasteiger partial charge is 0.396 e. The van der Waals surface area contributed by atoms with E-state index in [0.29, 0.717) is 6.42 Å². The molecule has 17 heavy (non-hydrogen) atoms. The fraction of sp³-hybridized carbons (Fsp3) is 0.571. The van der Waals surface area contributed by atoms with Crippen LogP contribution in [0.4, 0.5) is 4.39 Å². The van der Waals surface area contributed by atoms with E-state index in [1.165, 1.54) is 6.07 Å². The predicted molar refractivity (Wildman–Crippen MR) is 66.4 cm³/mol. The highest BCUT2D eigenvalue weighted by atomic mass is 19.1. The number of nitrogens with two attached hydrogens (primary N) is 1. The van der Waals surface area contributed by atoms with Crippen molar-refractivity contribution >= 4 is 0 Å². The zero-order valence-corrected chi connectivity index (χ0v) is 10.5. The van der Waals surface area contributed by atoms with E-state index >= 15 is 0 Å². The van der Waals surface area contributed by atoms with Crippen LogP contribution in [-0.4, -0.2) is 17.3 Å². The van der Waals surface area contributed by atoms with Crippen LogP contribution in [0, 0.1) is 5.82 Å². The lowest BCUT2D eigenvalue weighted by atomic mass is 9.66. The van der Waals surface area contributed by atoms with Crippen molar-refractivity contribution in [1.29, 1.82) is 0 Å². The molecule has 0 spiro atoms. The first-order valence-electron chi connectivity index (χ1n) is 6.09. The first-order valence-corrected chi connectivity index (χ1v) is 6.09. The number of benzene rings is 1. The Labute approximate surface area is 102 Å². The summed E-state index contributed by atoms with van der Waals surface area (Å²) in [5, 5.41) is 9.31. The molecule has 2 rings (SSSR count). The summed E-state index contributed by atoms with van der Waals surface area (Å²) in [4.78, 5) is 0.